The van der Waals surface area contributed by atoms with Gasteiger partial charge in [0.25, 0.3) is 5.56 Å². The minimum atomic E-state index is -0.594. The molecule has 2 aromatic rings. The monoisotopic (exact) mass is 348 g/mol. The van der Waals surface area contributed by atoms with Gasteiger partial charge in [-0.1, -0.05) is 11.6 Å². The van der Waals surface area contributed by atoms with E-state index in [1.165, 1.54) is 10.6 Å². The Kier molecular flexibility index (Phi) is 5.04. The fourth-order valence-electron chi connectivity index (χ4n) is 2.25. The summed E-state index contributed by atoms with van der Waals surface area (Å²) in [6.45, 7) is 9.12. The molecule has 0 saturated heterocycles. The maximum atomic E-state index is 12.2. The Balaban J connectivity index is 2.36. The highest BCUT2D eigenvalue weighted by atomic mass is 35.5. The number of ether oxygens (including phenoxy) is 1. The molecule has 0 saturated carbocycles. The third kappa shape index (κ3) is 4.38. The summed E-state index contributed by atoms with van der Waals surface area (Å²) in [6, 6.07) is 6.59. The number of anilines is 1. The summed E-state index contributed by atoms with van der Waals surface area (Å²) in [6.07, 6.45) is 0.991. The van der Waals surface area contributed by atoms with E-state index in [0.29, 0.717) is 16.4 Å². The van der Waals surface area contributed by atoms with Crippen LogP contribution in [0.15, 0.2) is 35.3 Å². The molecule has 0 aliphatic rings. The van der Waals surface area contributed by atoms with Crippen LogP contribution in [-0.2, 0) is 4.74 Å². The van der Waals surface area contributed by atoms with Crippen LogP contribution in [0.25, 0.3) is 5.69 Å². The van der Waals surface area contributed by atoms with Gasteiger partial charge >= 0.3 is 6.09 Å². The minimum Gasteiger partial charge on any atom is -0.444 e. The second kappa shape index (κ2) is 6.69. The van der Waals surface area contributed by atoms with Gasteiger partial charge in [0.2, 0.25) is 0 Å². The molecule has 0 unspecified atom stereocenters. The molecule has 2 rings (SSSR count). The van der Waals surface area contributed by atoms with Crippen molar-refractivity contribution < 1.29 is 9.53 Å². The molecule has 0 radical (unpaired) electrons. The standard InChI is InChI=1S/C18H21ClN2O3/c1-11-8-14(9-12(2)16(11)19)21-10-13(6-7-15(21)22)20-17(23)24-18(3,4)5/h6-10H,1-5H3,(H,20,23). The number of aromatic nitrogens is 1. The molecule has 128 valence electrons. The lowest BCUT2D eigenvalue weighted by molar-refractivity contribution is 0.0636. The van der Waals surface area contributed by atoms with Crippen molar-refractivity contribution in [3.05, 3.63) is 57.0 Å². The molecule has 5 nitrogen and oxygen atoms in total. The van der Waals surface area contributed by atoms with Crippen molar-refractivity contribution in [2.24, 2.45) is 0 Å². The summed E-state index contributed by atoms with van der Waals surface area (Å²) in [7, 11) is 0. The Bertz CT molecular complexity index is 812. The molecule has 1 N–H and O–H groups in total. The van der Waals surface area contributed by atoms with Gasteiger partial charge in [0.05, 0.1) is 5.69 Å². The van der Waals surface area contributed by atoms with E-state index < -0.39 is 11.7 Å². The van der Waals surface area contributed by atoms with Gasteiger partial charge in [-0.05, 0) is 63.9 Å². The molecule has 6 heteroatoms. The average Bonchev–Trinajstić information content (AvgIpc) is 2.44. The predicted octanol–water partition coefficient (Wildman–Crippen LogP) is 4.45. The van der Waals surface area contributed by atoms with Gasteiger partial charge in [0, 0.05) is 23.0 Å². The summed E-state index contributed by atoms with van der Waals surface area (Å²) in [4.78, 5) is 24.1. The first-order chi connectivity index (χ1) is 11.1. The maximum Gasteiger partial charge on any atom is 0.412 e. The number of nitrogens with zero attached hydrogens (tertiary/aromatic N) is 1. The zero-order valence-electron chi connectivity index (χ0n) is 14.4. The molecular weight excluding hydrogens is 328 g/mol. The van der Waals surface area contributed by atoms with Crippen LogP contribution < -0.4 is 10.9 Å². The zero-order chi connectivity index (χ0) is 18.1. The molecule has 1 amide bonds. The minimum absolute atomic E-state index is 0.203. The molecule has 0 aliphatic heterocycles. The Labute approximate surface area is 146 Å². The fourth-order valence-corrected chi connectivity index (χ4v) is 2.36. The summed E-state index contributed by atoms with van der Waals surface area (Å²) < 4.78 is 6.68. The van der Waals surface area contributed by atoms with E-state index in [0.717, 1.165) is 11.1 Å². The fraction of sp³-hybridized carbons (Fsp3) is 0.333. The van der Waals surface area contributed by atoms with Gasteiger partial charge in [-0.15, -0.1) is 0 Å². The van der Waals surface area contributed by atoms with Crippen LogP contribution in [0, 0.1) is 13.8 Å². The number of nitrogens with one attached hydrogen (secondary N) is 1. The van der Waals surface area contributed by atoms with Crippen LogP contribution >= 0.6 is 11.6 Å². The number of carbonyl (C=O) groups is 1. The van der Waals surface area contributed by atoms with Crippen molar-refractivity contribution in [1.82, 2.24) is 4.57 Å². The summed E-state index contributed by atoms with van der Waals surface area (Å²) in [5.41, 5.74) is 2.11. The Morgan fingerprint density at radius 1 is 1.17 bits per heavy atom. The van der Waals surface area contributed by atoms with E-state index >= 15 is 0 Å². The van der Waals surface area contributed by atoms with E-state index in [-0.39, 0.29) is 5.56 Å². The van der Waals surface area contributed by atoms with Crippen LogP contribution in [0.2, 0.25) is 5.02 Å². The predicted molar refractivity (Wildman–Crippen MR) is 96.4 cm³/mol. The molecule has 0 atom stereocenters. The van der Waals surface area contributed by atoms with Crippen molar-refractivity contribution in [2.45, 2.75) is 40.2 Å². The molecule has 1 heterocycles. The normalized spacial score (nSPS) is 11.2. The molecule has 0 spiro atoms. The quantitative estimate of drug-likeness (QED) is 0.871. The topological polar surface area (TPSA) is 60.3 Å². The van der Waals surface area contributed by atoms with Crippen LogP contribution in [0.3, 0.4) is 0 Å². The number of amides is 1. The number of benzene rings is 1. The van der Waals surface area contributed by atoms with Gasteiger partial charge < -0.3 is 4.74 Å². The Hall–Kier alpha value is -2.27. The summed E-state index contributed by atoms with van der Waals surface area (Å²) in [5, 5.41) is 3.31. The third-order valence-electron chi connectivity index (χ3n) is 3.26. The largest absolute Gasteiger partial charge is 0.444 e. The summed E-state index contributed by atoms with van der Waals surface area (Å²) >= 11 is 6.18. The van der Waals surface area contributed by atoms with Crippen LogP contribution in [0.1, 0.15) is 31.9 Å². The zero-order valence-corrected chi connectivity index (χ0v) is 15.2. The number of hydrogen-bond donors (Lipinski definition) is 1. The lowest BCUT2D eigenvalue weighted by Crippen LogP contribution is -2.28. The van der Waals surface area contributed by atoms with Crippen LogP contribution in [-0.4, -0.2) is 16.3 Å². The first-order valence-corrected chi connectivity index (χ1v) is 7.94. The molecule has 0 fully saturated rings. The highest BCUT2D eigenvalue weighted by Crippen LogP contribution is 2.23. The van der Waals surface area contributed by atoms with Crippen LogP contribution in [0.5, 0.6) is 0 Å². The van der Waals surface area contributed by atoms with E-state index in [9.17, 15) is 9.59 Å². The Morgan fingerprint density at radius 3 is 2.29 bits per heavy atom. The van der Waals surface area contributed by atoms with E-state index in [4.69, 9.17) is 16.3 Å². The SMILES string of the molecule is Cc1cc(-n2cc(NC(=O)OC(C)(C)C)ccc2=O)cc(C)c1Cl. The van der Waals surface area contributed by atoms with Crippen LogP contribution in [0.4, 0.5) is 10.5 Å². The maximum absolute atomic E-state index is 12.2. The van der Waals surface area contributed by atoms with Gasteiger partial charge in [-0.2, -0.15) is 0 Å². The first kappa shape index (κ1) is 18.1. The van der Waals surface area contributed by atoms with E-state index in [1.807, 2.05) is 26.0 Å². The molecule has 24 heavy (non-hydrogen) atoms. The molecule has 1 aromatic heterocycles. The van der Waals surface area contributed by atoms with Gasteiger partial charge in [-0.3, -0.25) is 14.7 Å². The molecule has 0 bridgehead atoms. The molecule has 1 aromatic carbocycles. The number of hydrogen-bond acceptors (Lipinski definition) is 3. The average molecular weight is 349 g/mol. The second-order valence-corrected chi connectivity index (χ2v) is 7.02. The Morgan fingerprint density at radius 2 is 1.75 bits per heavy atom. The molecule has 0 aliphatic carbocycles. The van der Waals surface area contributed by atoms with Crippen molar-refractivity contribution in [3.8, 4) is 5.69 Å². The van der Waals surface area contributed by atoms with Gasteiger partial charge in [0.15, 0.2) is 0 Å². The number of pyridine rings is 1. The van der Waals surface area contributed by atoms with E-state index in [2.05, 4.69) is 5.32 Å². The number of halogens is 1. The second-order valence-electron chi connectivity index (χ2n) is 6.65. The van der Waals surface area contributed by atoms with Crippen molar-refractivity contribution in [1.29, 1.82) is 0 Å². The lowest BCUT2D eigenvalue weighted by atomic mass is 10.1. The third-order valence-corrected chi connectivity index (χ3v) is 3.85. The highest BCUT2D eigenvalue weighted by molar-refractivity contribution is 6.32. The van der Waals surface area contributed by atoms with Crippen molar-refractivity contribution >= 4 is 23.4 Å². The smallest absolute Gasteiger partial charge is 0.412 e. The number of carbonyl (C=O) groups excluding carboxylic acids is 1. The number of rotatable bonds is 2. The highest BCUT2D eigenvalue weighted by Gasteiger charge is 2.16. The van der Waals surface area contributed by atoms with Gasteiger partial charge in [-0.25, -0.2) is 4.79 Å². The van der Waals surface area contributed by atoms with E-state index in [1.54, 1.807) is 33.0 Å². The van der Waals surface area contributed by atoms with Crippen molar-refractivity contribution in [3.63, 3.8) is 0 Å². The number of aryl methyl sites for hydroxylation is 2. The van der Waals surface area contributed by atoms with Gasteiger partial charge in [0.1, 0.15) is 5.60 Å². The lowest BCUT2D eigenvalue weighted by Gasteiger charge is -2.20. The molecular formula is C18H21ClN2O3. The van der Waals surface area contributed by atoms with Crippen molar-refractivity contribution in [2.75, 3.05) is 5.32 Å². The summed E-state index contributed by atoms with van der Waals surface area (Å²) in [5.74, 6) is 0. The first-order valence-electron chi connectivity index (χ1n) is 7.56.